The summed E-state index contributed by atoms with van der Waals surface area (Å²) >= 11 is 0. The number of alkyl halides is 3. The lowest BCUT2D eigenvalue weighted by atomic mass is 10.00. The lowest BCUT2D eigenvalue weighted by Gasteiger charge is -2.29. The Labute approximate surface area is 214 Å². The zero-order valence-corrected chi connectivity index (χ0v) is 21.1. The number of aryl methyl sites for hydroxylation is 1. The Morgan fingerprint density at radius 2 is 1.97 bits per heavy atom. The molecule has 1 aromatic carbocycles. The van der Waals surface area contributed by atoms with E-state index in [0.717, 1.165) is 22.5 Å². The third-order valence-corrected chi connectivity index (χ3v) is 6.71. The summed E-state index contributed by atoms with van der Waals surface area (Å²) in [6.07, 6.45) is -4.75. The Hall–Kier alpha value is -3.05. The van der Waals surface area contributed by atoms with Gasteiger partial charge in [0.25, 0.3) is 0 Å². The fourth-order valence-electron chi connectivity index (χ4n) is 4.72. The van der Waals surface area contributed by atoms with E-state index in [-0.39, 0.29) is 19.2 Å². The molecule has 1 aromatic heterocycles. The molecule has 0 spiro atoms. The number of aliphatic hydroxyl groups excluding tert-OH is 1. The molecule has 1 unspecified atom stereocenters. The lowest BCUT2D eigenvalue weighted by Crippen LogP contribution is -2.37. The molecule has 4 rings (SSSR count). The summed E-state index contributed by atoms with van der Waals surface area (Å²) in [5, 5.41) is 15.6. The second-order valence-corrected chi connectivity index (χ2v) is 9.81. The number of nitrogens with zero attached hydrogens (tertiary/aromatic N) is 3. The van der Waals surface area contributed by atoms with Gasteiger partial charge in [-0.2, -0.15) is 13.2 Å². The van der Waals surface area contributed by atoms with Crippen molar-refractivity contribution in [2.24, 2.45) is 5.92 Å². The molecule has 202 valence electrons. The number of ether oxygens (including phenoxy) is 1. The van der Waals surface area contributed by atoms with E-state index >= 15 is 0 Å². The van der Waals surface area contributed by atoms with Crippen molar-refractivity contribution in [3.05, 3.63) is 35.9 Å². The van der Waals surface area contributed by atoms with Gasteiger partial charge in [0.15, 0.2) is 0 Å². The topological polar surface area (TPSA) is 90.0 Å². The molecule has 0 aliphatic carbocycles. The van der Waals surface area contributed by atoms with Crippen LogP contribution in [0.1, 0.15) is 25.3 Å². The molecule has 0 bridgehead atoms. The van der Waals surface area contributed by atoms with Crippen LogP contribution in [0.5, 0.6) is 0 Å². The average molecular weight is 522 g/mol. The molecule has 3 heterocycles. The predicted octanol–water partition coefficient (Wildman–Crippen LogP) is 4.49. The average Bonchev–Trinajstić information content (AvgIpc) is 3.32. The van der Waals surface area contributed by atoms with Gasteiger partial charge in [-0.05, 0) is 67.1 Å². The molecular weight excluding hydrogens is 487 g/mol. The van der Waals surface area contributed by atoms with E-state index in [4.69, 9.17) is 9.72 Å². The molecule has 2 amide bonds. The van der Waals surface area contributed by atoms with Gasteiger partial charge < -0.3 is 30.3 Å². The minimum atomic E-state index is -4.23. The number of aromatic nitrogens is 1. The second-order valence-electron chi connectivity index (χ2n) is 9.81. The number of pyridine rings is 1. The highest BCUT2D eigenvalue weighted by Gasteiger charge is 2.36. The first kappa shape index (κ1) is 27.0. The van der Waals surface area contributed by atoms with Crippen LogP contribution in [0.4, 0.5) is 35.3 Å². The van der Waals surface area contributed by atoms with E-state index in [0.29, 0.717) is 50.8 Å². The van der Waals surface area contributed by atoms with Gasteiger partial charge in [-0.1, -0.05) is 6.07 Å². The Kier molecular flexibility index (Phi) is 8.43. The first-order valence-corrected chi connectivity index (χ1v) is 12.6. The van der Waals surface area contributed by atoms with Crippen molar-refractivity contribution in [2.45, 2.75) is 38.9 Å². The van der Waals surface area contributed by atoms with E-state index in [1.165, 1.54) is 4.90 Å². The first-order chi connectivity index (χ1) is 17.6. The molecular formula is C26H34F3N5O3. The number of morpholine rings is 1. The van der Waals surface area contributed by atoms with Gasteiger partial charge in [0, 0.05) is 44.3 Å². The normalized spacial score (nSPS) is 19.1. The van der Waals surface area contributed by atoms with Crippen molar-refractivity contribution >= 4 is 23.4 Å². The van der Waals surface area contributed by atoms with Crippen molar-refractivity contribution in [3.8, 4) is 11.1 Å². The van der Waals surface area contributed by atoms with Gasteiger partial charge in [0.1, 0.15) is 11.6 Å². The van der Waals surface area contributed by atoms with E-state index in [1.54, 1.807) is 6.07 Å². The number of likely N-dealkylation sites (tertiary alicyclic amines) is 1. The predicted molar refractivity (Wildman–Crippen MR) is 137 cm³/mol. The molecule has 37 heavy (non-hydrogen) atoms. The van der Waals surface area contributed by atoms with Crippen molar-refractivity contribution in [1.29, 1.82) is 0 Å². The smallest absolute Gasteiger partial charge is 0.389 e. The molecule has 2 aliphatic rings. The molecule has 11 heteroatoms. The molecule has 8 nitrogen and oxygen atoms in total. The van der Waals surface area contributed by atoms with Crippen LogP contribution in [0.2, 0.25) is 0 Å². The van der Waals surface area contributed by atoms with Crippen LogP contribution >= 0.6 is 0 Å². The van der Waals surface area contributed by atoms with Crippen LogP contribution in [-0.2, 0) is 4.74 Å². The number of urea groups is 1. The summed E-state index contributed by atoms with van der Waals surface area (Å²) in [5.74, 6) is 0.846. The third-order valence-electron chi connectivity index (χ3n) is 6.71. The fourth-order valence-corrected chi connectivity index (χ4v) is 4.72. The van der Waals surface area contributed by atoms with Crippen LogP contribution in [0, 0.1) is 12.8 Å². The number of hydrogen-bond donors (Lipinski definition) is 3. The SMILES string of the molecule is Cc1ccc(NC(=O)N2CC[C@@H](CC(F)(F)F)C2)cc1-c1cc(NC(C)CO)nc(N2CCOCC2)c1. The van der Waals surface area contributed by atoms with Crippen molar-refractivity contribution in [3.63, 3.8) is 0 Å². The van der Waals surface area contributed by atoms with Gasteiger partial charge in [0.2, 0.25) is 0 Å². The summed E-state index contributed by atoms with van der Waals surface area (Å²) in [6, 6.07) is 8.88. The number of halogens is 3. The van der Waals surface area contributed by atoms with Gasteiger partial charge in [-0.25, -0.2) is 9.78 Å². The highest BCUT2D eigenvalue weighted by Crippen LogP contribution is 2.33. The standard InChI is InChI=1S/C26H34F3N5O3/c1-17-3-4-21(31-25(36)34-6-5-19(15-34)14-26(27,28)29)13-22(17)20-11-23(30-18(2)16-35)32-24(12-20)33-7-9-37-10-8-33/h3-4,11-13,18-19,35H,5-10,14-16H2,1-2H3,(H,30,32)(H,31,36)/t18?,19-/m0/s1. The third kappa shape index (κ3) is 7.26. The van der Waals surface area contributed by atoms with Crippen LogP contribution in [0.3, 0.4) is 0 Å². The monoisotopic (exact) mass is 521 g/mol. The van der Waals surface area contributed by atoms with E-state index < -0.39 is 24.5 Å². The van der Waals surface area contributed by atoms with Gasteiger partial charge in [-0.3, -0.25) is 0 Å². The number of aliphatic hydroxyl groups is 1. The Bertz CT molecular complexity index is 1090. The molecule has 2 saturated heterocycles. The number of anilines is 3. The molecule has 2 aromatic rings. The maximum absolute atomic E-state index is 12.8. The number of amides is 2. The minimum absolute atomic E-state index is 0.0420. The maximum Gasteiger partial charge on any atom is 0.389 e. The molecule has 3 N–H and O–H groups in total. The molecule has 2 aliphatic heterocycles. The number of carbonyl (C=O) groups excluding carboxylic acids is 1. The van der Waals surface area contributed by atoms with Crippen LogP contribution < -0.4 is 15.5 Å². The number of nitrogens with one attached hydrogen (secondary N) is 2. The summed E-state index contributed by atoms with van der Waals surface area (Å²) < 4.78 is 43.7. The zero-order chi connectivity index (χ0) is 26.6. The molecule has 2 fully saturated rings. The highest BCUT2D eigenvalue weighted by atomic mass is 19.4. The number of rotatable bonds is 7. The zero-order valence-electron chi connectivity index (χ0n) is 21.1. The van der Waals surface area contributed by atoms with Gasteiger partial charge >= 0.3 is 12.2 Å². The van der Waals surface area contributed by atoms with Crippen molar-refractivity contribution in [2.75, 3.05) is 61.5 Å². The minimum Gasteiger partial charge on any atom is -0.394 e. The van der Waals surface area contributed by atoms with Crippen molar-refractivity contribution in [1.82, 2.24) is 9.88 Å². The van der Waals surface area contributed by atoms with Crippen LogP contribution in [-0.4, -0.2) is 79.2 Å². The number of carbonyl (C=O) groups is 1. The quantitative estimate of drug-likeness (QED) is 0.498. The van der Waals surface area contributed by atoms with Crippen molar-refractivity contribution < 1.29 is 27.8 Å². The summed E-state index contributed by atoms with van der Waals surface area (Å²) in [4.78, 5) is 21.1. The van der Waals surface area contributed by atoms with Gasteiger partial charge in [-0.15, -0.1) is 0 Å². The maximum atomic E-state index is 12.8. The number of benzene rings is 1. The van der Waals surface area contributed by atoms with E-state index in [1.807, 2.05) is 38.1 Å². The Morgan fingerprint density at radius 3 is 2.68 bits per heavy atom. The highest BCUT2D eigenvalue weighted by molar-refractivity contribution is 5.91. The number of hydrogen-bond acceptors (Lipinski definition) is 6. The molecule has 0 saturated carbocycles. The first-order valence-electron chi connectivity index (χ1n) is 12.6. The fraction of sp³-hybridized carbons (Fsp3) is 0.538. The van der Waals surface area contributed by atoms with E-state index in [2.05, 4.69) is 15.5 Å². The van der Waals surface area contributed by atoms with E-state index in [9.17, 15) is 23.1 Å². The Balaban J connectivity index is 1.55. The van der Waals surface area contributed by atoms with Crippen LogP contribution in [0.15, 0.2) is 30.3 Å². The lowest BCUT2D eigenvalue weighted by molar-refractivity contribution is -0.143. The summed E-state index contributed by atoms with van der Waals surface area (Å²) in [6.45, 7) is 6.84. The van der Waals surface area contributed by atoms with Gasteiger partial charge in [0.05, 0.1) is 19.8 Å². The molecule has 2 atom stereocenters. The Morgan fingerprint density at radius 1 is 1.22 bits per heavy atom. The van der Waals surface area contributed by atoms with Crippen LogP contribution in [0.25, 0.3) is 11.1 Å². The largest absolute Gasteiger partial charge is 0.394 e. The molecule has 0 radical (unpaired) electrons. The second kappa shape index (κ2) is 11.6. The summed E-state index contributed by atoms with van der Waals surface area (Å²) in [7, 11) is 0. The summed E-state index contributed by atoms with van der Waals surface area (Å²) in [5.41, 5.74) is 3.34.